The van der Waals surface area contributed by atoms with Crippen LogP contribution in [-0.4, -0.2) is 12.0 Å². The molecule has 0 heterocycles. The number of aliphatic imine (C=N–C) groups is 1. The minimum Gasteiger partial charge on any atom is -0.370 e. The van der Waals surface area contributed by atoms with Gasteiger partial charge < -0.3 is 16.8 Å². The second kappa shape index (κ2) is 7.26. The van der Waals surface area contributed by atoms with E-state index in [0.717, 1.165) is 22.3 Å². The van der Waals surface area contributed by atoms with Crippen LogP contribution < -0.4 is 16.8 Å². The highest BCUT2D eigenvalue weighted by molar-refractivity contribution is 5.90. The first-order chi connectivity index (χ1) is 11.0. The first-order valence-electron chi connectivity index (χ1n) is 7.19. The van der Waals surface area contributed by atoms with Gasteiger partial charge in [0.15, 0.2) is 5.96 Å². The summed E-state index contributed by atoms with van der Waals surface area (Å²) in [5.41, 5.74) is 14.3. The Morgan fingerprint density at radius 3 is 2.30 bits per heavy atom. The number of carbonyl (C=O) groups is 1. The van der Waals surface area contributed by atoms with Crippen molar-refractivity contribution in [3.05, 3.63) is 77.9 Å². The van der Waals surface area contributed by atoms with Crippen molar-refractivity contribution in [2.75, 3.05) is 0 Å². The van der Waals surface area contributed by atoms with Crippen LogP contribution >= 0.6 is 0 Å². The molecule has 2 amide bonds. The third-order valence-corrected chi connectivity index (χ3v) is 3.36. The molecule has 23 heavy (non-hydrogen) atoms. The molecule has 5 heteroatoms. The molecular formula is C18H20N4O. The molecule has 0 aliphatic heterocycles. The van der Waals surface area contributed by atoms with Crippen LogP contribution in [0.4, 0.5) is 4.79 Å². The van der Waals surface area contributed by atoms with Gasteiger partial charge in [-0.25, -0.2) is 4.79 Å². The van der Waals surface area contributed by atoms with Gasteiger partial charge in [-0.15, -0.1) is 0 Å². The van der Waals surface area contributed by atoms with Gasteiger partial charge in [-0.1, -0.05) is 66.7 Å². The van der Waals surface area contributed by atoms with E-state index in [4.69, 9.17) is 11.5 Å². The molecule has 0 saturated carbocycles. The van der Waals surface area contributed by atoms with Gasteiger partial charge in [0.2, 0.25) is 0 Å². The molecule has 2 rings (SSSR count). The Morgan fingerprint density at radius 1 is 1.09 bits per heavy atom. The summed E-state index contributed by atoms with van der Waals surface area (Å²) < 4.78 is 0. The van der Waals surface area contributed by atoms with Gasteiger partial charge in [-0.05, 0) is 23.6 Å². The number of carbonyl (C=O) groups excluding carboxylic acids is 1. The molecule has 0 saturated heterocycles. The van der Waals surface area contributed by atoms with Crippen molar-refractivity contribution in [2.24, 2.45) is 16.5 Å². The van der Waals surface area contributed by atoms with Crippen molar-refractivity contribution in [1.82, 2.24) is 5.32 Å². The van der Waals surface area contributed by atoms with Crippen molar-refractivity contribution in [1.29, 1.82) is 0 Å². The normalized spacial score (nSPS) is 11.3. The van der Waals surface area contributed by atoms with Gasteiger partial charge in [0.25, 0.3) is 0 Å². The summed E-state index contributed by atoms with van der Waals surface area (Å²) in [5, 5.41) is 2.85. The van der Waals surface area contributed by atoms with Crippen LogP contribution in [0, 0.1) is 0 Å². The standard InChI is InChI=1S/C18H20N4O/c1-12(2)14-10-6-7-11-15(14)16(13-8-4-3-5-9-13)21-18(23)22-17(19)20/h3-11,16H,1H2,2H3,(H5,19,20,21,22,23). The fourth-order valence-corrected chi connectivity index (χ4v) is 2.40. The van der Waals surface area contributed by atoms with Gasteiger partial charge >= 0.3 is 6.03 Å². The van der Waals surface area contributed by atoms with E-state index >= 15 is 0 Å². The van der Waals surface area contributed by atoms with E-state index in [1.165, 1.54) is 0 Å². The van der Waals surface area contributed by atoms with Crippen LogP contribution in [0.5, 0.6) is 0 Å². The van der Waals surface area contributed by atoms with E-state index in [-0.39, 0.29) is 12.0 Å². The van der Waals surface area contributed by atoms with Crippen LogP contribution in [0.15, 0.2) is 66.2 Å². The molecule has 0 aliphatic carbocycles. The highest BCUT2D eigenvalue weighted by Gasteiger charge is 2.19. The topological polar surface area (TPSA) is 93.5 Å². The number of amides is 2. The van der Waals surface area contributed by atoms with E-state index in [1.807, 2.05) is 61.5 Å². The van der Waals surface area contributed by atoms with E-state index in [9.17, 15) is 4.79 Å². The molecular weight excluding hydrogens is 288 g/mol. The maximum atomic E-state index is 12.0. The lowest BCUT2D eigenvalue weighted by Gasteiger charge is -2.21. The molecule has 2 aromatic carbocycles. The number of nitrogens with two attached hydrogens (primary N) is 2. The number of allylic oxidation sites excluding steroid dienone is 1. The lowest BCUT2D eigenvalue weighted by atomic mass is 9.92. The van der Waals surface area contributed by atoms with Crippen molar-refractivity contribution in [3.8, 4) is 0 Å². The van der Waals surface area contributed by atoms with Gasteiger partial charge in [-0.2, -0.15) is 4.99 Å². The van der Waals surface area contributed by atoms with Crippen LogP contribution in [0.1, 0.15) is 29.7 Å². The van der Waals surface area contributed by atoms with E-state index in [0.29, 0.717) is 0 Å². The van der Waals surface area contributed by atoms with Gasteiger partial charge in [-0.3, -0.25) is 0 Å². The lowest BCUT2D eigenvalue weighted by Crippen LogP contribution is -2.31. The molecule has 0 aromatic heterocycles. The van der Waals surface area contributed by atoms with Crippen molar-refractivity contribution in [3.63, 3.8) is 0 Å². The van der Waals surface area contributed by atoms with E-state index < -0.39 is 6.03 Å². The number of rotatable bonds is 4. The Balaban J connectivity index is 2.49. The maximum Gasteiger partial charge on any atom is 0.344 e. The largest absolute Gasteiger partial charge is 0.370 e. The van der Waals surface area contributed by atoms with Crippen molar-refractivity contribution < 1.29 is 4.79 Å². The first kappa shape index (κ1) is 16.3. The summed E-state index contributed by atoms with van der Waals surface area (Å²) in [7, 11) is 0. The van der Waals surface area contributed by atoms with Crippen LogP contribution in [0.2, 0.25) is 0 Å². The molecule has 1 unspecified atom stereocenters. The molecule has 1 atom stereocenters. The molecule has 0 radical (unpaired) electrons. The molecule has 0 aliphatic rings. The number of hydrogen-bond donors (Lipinski definition) is 3. The molecule has 2 aromatic rings. The first-order valence-corrected chi connectivity index (χ1v) is 7.19. The van der Waals surface area contributed by atoms with Gasteiger partial charge in [0.1, 0.15) is 0 Å². The number of benzene rings is 2. The minimum absolute atomic E-state index is 0.275. The van der Waals surface area contributed by atoms with Crippen molar-refractivity contribution >= 4 is 17.6 Å². The zero-order valence-electron chi connectivity index (χ0n) is 13.0. The summed E-state index contributed by atoms with van der Waals surface area (Å²) >= 11 is 0. The summed E-state index contributed by atoms with van der Waals surface area (Å²) in [6.45, 7) is 5.94. The average Bonchev–Trinajstić information content (AvgIpc) is 2.53. The highest BCUT2D eigenvalue weighted by atomic mass is 16.2. The maximum absolute atomic E-state index is 12.0. The molecule has 118 valence electrons. The number of guanidine groups is 1. The average molecular weight is 308 g/mol. The Hall–Kier alpha value is -3.08. The molecule has 0 bridgehead atoms. The van der Waals surface area contributed by atoms with Gasteiger partial charge in [0, 0.05) is 0 Å². The summed E-state index contributed by atoms with van der Waals surface area (Å²) in [4.78, 5) is 15.6. The zero-order chi connectivity index (χ0) is 16.8. The summed E-state index contributed by atoms with van der Waals surface area (Å²) in [6, 6.07) is 16.5. The van der Waals surface area contributed by atoms with Crippen molar-refractivity contribution in [2.45, 2.75) is 13.0 Å². The fraction of sp³-hybridized carbons (Fsp3) is 0.111. The minimum atomic E-state index is -0.588. The van der Waals surface area contributed by atoms with Crippen LogP contribution in [-0.2, 0) is 0 Å². The van der Waals surface area contributed by atoms with Crippen LogP contribution in [0.25, 0.3) is 5.57 Å². The second-order valence-corrected chi connectivity index (χ2v) is 5.20. The fourth-order valence-electron chi connectivity index (χ4n) is 2.40. The smallest absolute Gasteiger partial charge is 0.344 e. The highest BCUT2D eigenvalue weighted by Crippen LogP contribution is 2.28. The Labute approximate surface area is 135 Å². The third-order valence-electron chi connectivity index (χ3n) is 3.36. The third kappa shape index (κ3) is 4.20. The quantitative estimate of drug-likeness (QED) is 0.599. The molecule has 0 spiro atoms. The van der Waals surface area contributed by atoms with E-state index in [1.54, 1.807) is 0 Å². The predicted molar refractivity (Wildman–Crippen MR) is 93.8 cm³/mol. The predicted octanol–water partition coefficient (Wildman–Crippen LogP) is 2.79. The number of urea groups is 1. The Bertz CT molecular complexity index is 734. The monoisotopic (exact) mass is 308 g/mol. The Morgan fingerprint density at radius 2 is 1.70 bits per heavy atom. The van der Waals surface area contributed by atoms with Gasteiger partial charge in [0.05, 0.1) is 6.04 Å². The van der Waals surface area contributed by atoms with E-state index in [2.05, 4.69) is 16.9 Å². The summed E-state index contributed by atoms with van der Waals surface area (Å²) in [6.07, 6.45) is 0. The molecule has 0 fully saturated rings. The zero-order valence-corrected chi connectivity index (χ0v) is 13.0. The van der Waals surface area contributed by atoms with Crippen LogP contribution in [0.3, 0.4) is 0 Å². The second-order valence-electron chi connectivity index (χ2n) is 5.20. The Kier molecular flexibility index (Phi) is 5.15. The number of nitrogens with zero attached hydrogens (tertiary/aromatic N) is 1. The lowest BCUT2D eigenvalue weighted by molar-refractivity contribution is 0.247. The molecule has 5 nitrogen and oxygen atoms in total. The SMILES string of the molecule is C=C(C)c1ccccc1C(NC(=O)N=C(N)N)c1ccccc1. The number of nitrogens with one attached hydrogen (secondary N) is 1. The number of hydrogen-bond acceptors (Lipinski definition) is 1. The summed E-state index contributed by atoms with van der Waals surface area (Å²) in [5.74, 6) is -0.275. The molecule has 5 N–H and O–H groups in total.